The number of nitrogens with two attached hydrogens (primary N) is 4. The molecule has 0 fully saturated rings. The number of aliphatic imine (C=N–C) groups is 1. The Bertz CT molecular complexity index is 1680. The minimum absolute atomic E-state index is 0.00629. The molecule has 0 bridgehead atoms. The van der Waals surface area contributed by atoms with Gasteiger partial charge in [-0.2, -0.15) is 11.8 Å². The minimum atomic E-state index is -1.37. The van der Waals surface area contributed by atoms with Crippen LogP contribution >= 0.6 is 11.8 Å². The molecule has 21 heteroatoms. The van der Waals surface area contributed by atoms with Crippen molar-refractivity contribution < 1.29 is 43.8 Å². The molecule has 1 aromatic rings. The summed E-state index contributed by atoms with van der Waals surface area (Å²) in [6.45, 7) is 11.3. The van der Waals surface area contributed by atoms with Crippen molar-refractivity contribution in [1.29, 1.82) is 0 Å². The van der Waals surface area contributed by atoms with E-state index in [-0.39, 0.29) is 74.5 Å². The molecule has 20 nitrogen and oxygen atoms in total. The molecule has 6 amide bonds. The van der Waals surface area contributed by atoms with Gasteiger partial charge in [0.15, 0.2) is 5.96 Å². The molecule has 0 aliphatic heterocycles. The van der Waals surface area contributed by atoms with Crippen LogP contribution in [-0.2, 0) is 40.0 Å². The van der Waals surface area contributed by atoms with Crippen molar-refractivity contribution in [2.24, 2.45) is 45.7 Å². The lowest BCUT2D eigenvalue weighted by Gasteiger charge is -2.29. The molecule has 0 saturated heterocycles. The van der Waals surface area contributed by atoms with Crippen LogP contribution in [0.3, 0.4) is 0 Å². The van der Waals surface area contributed by atoms with Crippen LogP contribution in [0.2, 0.25) is 0 Å². The normalized spacial score (nSPS) is 14.6. The molecule has 0 spiro atoms. The number of aliphatic carboxylic acids is 1. The van der Waals surface area contributed by atoms with Crippen LogP contribution in [0.15, 0.2) is 29.3 Å². The van der Waals surface area contributed by atoms with Crippen molar-refractivity contribution >= 4 is 59.1 Å². The number of nitrogens with one attached hydrogen (secondary N) is 6. The maximum atomic E-state index is 14.1. The number of carbonyl (C=O) groups excluding carboxylic acids is 6. The summed E-state index contributed by atoms with van der Waals surface area (Å²) in [4.78, 5) is 98.7. The van der Waals surface area contributed by atoms with E-state index in [1.807, 2.05) is 34.0 Å². The van der Waals surface area contributed by atoms with Gasteiger partial charge in [-0.1, -0.05) is 53.7 Å². The van der Waals surface area contributed by atoms with Gasteiger partial charge < -0.3 is 65.0 Å². The van der Waals surface area contributed by atoms with Gasteiger partial charge in [-0.05, 0) is 105 Å². The van der Waals surface area contributed by atoms with Crippen LogP contribution in [0.25, 0.3) is 0 Å². The van der Waals surface area contributed by atoms with Gasteiger partial charge in [0.25, 0.3) is 0 Å². The first kappa shape index (κ1) is 56.9. The van der Waals surface area contributed by atoms with Gasteiger partial charge in [-0.3, -0.25) is 33.8 Å². The minimum Gasteiger partial charge on any atom is -0.508 e. The van der Waals surface area contributed by atoms with Gasteiger partial charge in [0.1, 0.15) is 42.0 Å². The van der Waals surface area contributed by atoms with E-state index in [0.29, 0.717) is 37.1 Å². The Balaban J connectivity index is 3.42. The summed E-state index contributed by atoms with van der Waals surface area (Å²) in [6, 6.07) is -2.13. The molecular formula is C43H75N11O9S. The summed E-state index contributed by atoms with van der Waals surface area (Å²) in [7, 11) is 0. The van der Waals surface area contributed by atoms with Crippen molar-refractivity contribution in [2.75, 3.05) is 25.1 Å². The zero-order valence-electron chi connectivity index (χ0n) is 38.5. The molecule has 0 unspecified atom stereocenters. The van der Waals surface area contributed by atoms with E-state index in [2.05, 4.69) is 36.9 Å². The molecule has 0 heterocycles. The lowest BCUT2D eigenvalue weighted by atomic mass is 9.99. The van der Waals surface area contributed by atoms with Crippen LogP contribution in [0.4, 0.5) is 0 Å². The molecule has 64 heavy (non-hydrogen) atoms. The predicted octanol–water partition coefficient (Wildman–Crippen LogP) is -0.0607. The van der Waals surface area contributed by atoms with Crippen LogP contribution in [0.1, 0.15) is 98.5 Å². The smallest absolute Gasteiger partial charge is 0.326 e. The van der Waals surface area contributed by atoms with Crippen LogP contribution in [-0.4, -0.2) is 125 Å². The van der Waals surface area contributed by atoms with Crippen molar-refractivity contribution in [3.05, 3.63) is 29.8 Å². The van der Waals surface area contributed by atoms with Gasteiger partial charge in [-0.15, -0.1) is 0 Å². The fraction of sp³-hybridized carbons (Fsp3) is 0.674. The first-order valence-electron chi connectivity index (χ1n) is 21.9. The quantitative estimate of drug-likeness (QED) is 0.0264. The number of carboxylic acids is 1. The number of benzene rings is 1. The number of phenols is 1. The van der Waals surface area contributed by atoms with E-state index >= 15 is 0 Å². The number of aromatic hydroxyl groups is 1. The Morgan fingerprint density at radius 1 is 0.641 bits per heavy atom. The zero-order valence-corrected chi connectivity index (χ0v) is 39.3. The highest BCUT2D eigenvalue weighted by Gasteiger charge is 2.34. The van der Waals surface area contributed by atoms with E-state index in [0.717, 1.165) is 0 Å². The Labute approximate surface area is 381 Å². The first-order valence-corrected chi connectivity index (χ1v) is 23.3. The average Bonchev–Trinajstić information content (AvgIpc) is 3.21. The van der Waals surface area contributed by atoms with E-state index in [1.54, 1.807) is 13.8 Å². The summed E-state index contributed by atoms with van der Waals surface area (Å²) in [5, 5.41) is 35.8. The summed E-state index contributed by atoms with van der Waals surface area (Å²) >= 11 is 1.54. The number of hydrogen-bond acceptors (Lipinski definition) is 12. The van der Waals surface area contributed by atoms with Crippen molar-refractivity contribution in [3.8, 4) is 5.75 Å². The number of hydrogen-bond donors (Lipinski definition) is 12. The third kappa shape index (κ3) is 22.5. The highest BCUT2D eigenvalue weighted by atomic mass is 32.2. The maximum absolute atomic E-state index is 14.1. The summed E-state index contributed by atoms with van der Waals surface area (Å²) in [5.74, 6) is -5.47. The van der Waals surface area contributed by atoms with E-state index in [1.165, 1.54) is 36.0 Å². The van der Waals surface area contributed by atoms with Gasteiger partial charge in [0, 0.05) is 13.0 Å². The Kier molecular flexibility index (Phi) is 26.7. The molecule has 0 aliphatic carbocycles. The Morgan fingerprint density at radius 2 is 1.11 bits per heavy atom. The number of thioether (sulfide) groups is 1. The number of phenolic OH excluding ortho intramolecular Hbond substituents is 1. The van der Waals surface area contributed by atoms with Crippen molar-refractivity contribution in [3.63, 3.8) is 0 Å². The molecule has 0 aliphatic rings. The van der Waals surface area contributed by atoms with E-state index in [4.69, 9.17) is 22.9 Å². The second kappa shape index (κ2) is 30.1. The SMILES string of the molecule is CSCC[C@H](N)C(=O)N[C@H](C(=O)N[C@@H](CCCCN)C(=O)N[C@@H](CC(C)C)C(=O)N[C@@H](CCCN=C(N)N)C(=O)N[C@@H](CC(C)C)C(=O)N[C@@H](Cc1ccc(O)cc1)C(=O)O)C(C)C. The molecular weight excluding hydrogens is 847 g/mol. The van der Waals surface area contributed by atoms with Crippen LogP contribution < -0.4 is 54.8 Å². The molecule has 362 valence electrons. The molecule has 7 atom stereocenters. The predicted molar refractivity (Wildman–Crippen MR) is 249 cm³/mol. The number of guanidine groups is 1. The Morgan fingerprint density at radius 3 is 1.56 bits per heavy atom. The number of carbonyl (C=O) groups is 7. The molecule has 0 saturated carbocycles. The van der Waals surface area contributed by atoms with Gasteiger partial charge in [0.2, 0.25) is 35.4 Å². The zero-order chi connectivity index (χ0) is 48.5. The molecule has 1 rings (SSSR count). The maximum Gasteiger partial charge on any atom is 0.326 e. The number of carboxylic acid groups (broad SMARTS) is 1. The van der Waals surface area contributed by atoms with Crippen molar-refractivity contribution in [2.45, 2.75) is 142 Å². The second-order valence-electron chi connectivity index (χ2n) is 17.1. The summed E-state index contributed by atoms with van der Waals surface area (Å²) in [5.41, 5.74) is 23.3. The number of unbranched alkanes of at least 4 members (excludes halogenated alkanes) is 1. The average molecular weight is 922 g/mol. The van der Waals surface area contributed by atoms with Gasteiger partial charge >= 0.3 is 5.97 Å². The van der Waals surface area contributed by atoms with Gasteiger partial charge in [-0.25, -0.2) is 4.79 Å². The molecule has 0 radical (unpaired) electrons. The summed E-state index contributed by atoms with van der Waals surface area (Å²) in [6.07, 6.45) is 3.86. The number of nitrogens with zero attached hydrogens (tertiary/aromatic N) is 1. The number of amides is 6. The van der Waals surface area contributed by atoms with Gasteiger partial charge in [0.05, 0.1) is 6.04 Å². The monoisotopic (exact) mass is 922 g/mol. The highest BCUT2D eigenvalue weighted by Crippen LogP contribution is 2.14. The third-order valence-electron chi connectivity index (χ3n) is 10.0. The molecule has 0 aromatic heterocycles. The fourth-order valence-electron chi connectivity index (χ4n) is 6.53. The molecule has 16 N–H and O–H groups in total. The van der Waals surface area contributed by atoms with Crippen LogP contribution in [0, 0.1) is 17.8 Å². The third-order valence-corrected chi connectivity index (χ3v) is 10.7. The standard InChI is InChI=1S/C43H75N11O9S/c1-24(2)21-32(51-37(57)30(11-8-9-18-44)50-41(61)35(26(5)6)54-36(56)29(45)17-20-64-7)39(59)49-31(12-10-19-48-43(46)47)38(58)52-33(22-25(3)4)40(60)53-34(42(62)63)23-27-13-15-28(55)16-14-27/h13-16,24-26,29-35,55H,8-12,17-23,44-45H2,1-7H3,(H,49,59)(H,50,61)(H,51,57)(H,52,58)(H,53,60)(H,54,56)(H,62,63)(H4,46,47,48)/t29-,30-,31-,32-,33-,34-,35-/m0/s1. The lowest BCUT2D eigenvalue weighted by Crippen LogP contribution is -2.60. The lowest BCUT2D eigenvalue weighted by molar-refractivity contribution is -0.142. The summed E-state index contributed by atoms with van der Waals surface area (Å²) < 4.78 is 0. The topological polar surface area (TPSA) is 349 Å². The highest BCUT2D eigenvalue weighted by molar-refractivity contribution is 7.98. The van der Waals surface area contributed by atoms with Crippen molar-refractivity contribution in [1.82, 2.24) is 31.9 Å². The number of rotatable bonds is 31. The van der Waals surface area contributed by atoms with E-state index in [9.17, 15) is 43.8 Å². The Hall–Kier alpha value is -5.15. The first-order chi connectivity index (χ1) is 30.1. The second-order valence-corrected chi connectivity index (χ2v) is 18.1. The van der Waals surface area contributed by atoms with Crippen LogP contribution in [0.5, 0.6) is 5.75 Å². The fourth-order valence-corrected chi connectivity index (χ4v) is 7.02. The molecule has 1 aromatic carbocycles. The largest absolute Gasteiger partial charge is 0.508 e. The van der Waals surface area contributed by atoms with E-state index < -0.39 is 83.7 Å².